The van der Waals surface area contributed by atoms with Gasteiger partial charge in [-0.05, 0) is 12.1 Å². The van der Waals surface area contributed by atoms with E-state index in [-0.39, 0.29) is 17.6 Å². The molecule has 0 spiro atoms. The zero-order chi connectivity index (χ0) is 16.0. The average molecular weight is 303 g/mol. The number of hydrogen-bond acceptors (Lipinski definition) is 5. The summed E-state index contributed by atoms with van der Waals surface area (Å²) in [6, 6.07) is 1.79. The SMILES string of the molecule is [2H]c1cnc(OCCNC(C)C)c(NS(=O)(=O)N(C)C)c1. The van der Waals surface area contributed by atoms with Crippen molar-refractivity contribution in [1.82, 2.24) is 14.6 Å². The van der Waals surface area contributed by atoms with Crippen molar-refractivity contribution >= 4 is 15.9 Å². The van der Waals surface area contributed by atoms with Gasteiger partial charge in [-0.2, -0.15) is 12.7 Å². The predicted molar refractivity (Wildman–Crippen MR) is 79.1 cm³/mol. The van der Waals surface area contributed by atoms with Gasteiger partial charge in [-0.25, -0.2) is 4.98 Å². The van der Waals surface area contributed by atoms with Crippen LogP contribution in [0.3, 0.4) is 0 Å². The van der Waals surface area contributed by atoms with Gasteiger partial charge in [0.2, 0.25) is 5.88 Å². The van der Waals surface area contributed by atoms with Crippen LogP contribution in [0.25, 0.3) is 0 Å². The second-order valence-corrected chi connectivity index (χ2v) is 6.52. The summed E-state index contributed by atoms with van der Waals surface area (Å²) >= 11 is 0. The van der Waals surface area contributed by atoms with Crippen LogP contribution in [0, 0.1) is 0 Å². The van der Waals surface area contributed by atoms with Crippen LogP contribution in [-0.4, -0.2) is 51.0 Å². The van der Waals surface area contributed by atoms with Gasteiger partial charge in [-0.1, -0.05) is 13.8 Å². The molecule has 0 radical (unpaired) electrons. The van der Waals surface area contributed by atoms with E-state index in [2.05, 4.69) is 15.0 Å². The molecule has 0 atom stereocenters. The molecule has 1 aromatic heterocycles. The van der Waals surface area contributed by atoms with E-state index in [0.717, 1.165) is 4.31 Å². The Labute approximate surface area is 121 Å². The molecule has 0 unspecified atom stereocenters. The van der Waals surface area contributed by atoms with Crippen LogP contribution in [0.2, 0.25) is 0 Å². The molecule has 0 amide bonds. The maximum Gasteiger partial charge on any atom is 0.301 e. The number of rotatable bonds is 8. The number of hydrogen-bond donors (Lipinski definition) is 2. The van der Waals surface area contributed by atoms with Crippen molar-refractivity contribution < 1.29 is 14.5 Å². The minimum atomic E-state index is -3.67. The fourth-order valence-corrected chi connectivity index (χ4v) is 1.87. The number of anilines is 1. The molecule has 8 heteroatoms. The van der Waals surface area contributed by atoms with Crippen LogP contribution in [0.15, 0.2) is 18.3 Å². The lowest BCUT2D eigenvalue weighted by Gasteiger charge is -2.16. The number of pyridine rings is 1. The Bertz CT molecular complexity index is 564. The van der Waals surface area contributed by atoms with Gasteiger partial charge in [0.05, 0.1) is 1.37 Å². The van der Waals surface area contributed by atoms with E-state index in [9.17, 15) is 8.42 Å². The van der Waals surface area contributed by atoms with Crippen LogP contribution in [0.1, 0.15) is 15.2 Å². The first-order chi connectivity index (χ1) is 9.72. The molecule has 0 aliphatic rings. The van der Waals surface area contributed by atoms with E-state index in [0.29, 0.717) is 19.2 Å². The normalized spacial score (nSPS) is 12.6. The van der Waals surface area contributed by atoms with Crippen molar-refractivity contribution in [3.8, 4) is 5.88 Å². The fraction of sp³-hybridized carbons (Fsp3) is 0.583. The average Bonchev–Trinajstić information content (AvgIpc) is 2.35. The Kier molecular flexibility index (Phi) is 5.57. The van der Waals surface area contributed by atoms with Gasteiger partial charge in [0.25, 0.3) is 0 Å². The van der Waals surface area contributed by atoms with Gasteiger partial charge in [0.1, 0.15) is 12.3 Å². The van der Waals surface area contributed by atoms with Crippen LogP contribution in [0.4, 0.5) is 5.69 Å². The molecular weight excluding hydrogens is 280 g/mol. The number of nitrogens with zero attached hydrogens (tertiary/aromatic N) is 2. The zero-order valence-electron chi connectivity index (χ0n) is 13.2. The first-order valence-corrected chi connectivity index (χ1v) is 7.69. The molecule has 20 heavy (non-hydrogen) atoms. The number of ether oxygens (including phenoxy) is 1. The minimum absolute atomic E-state index is 0.0964. The molecule has 0 saturated carbocycles. The van der Waals surface area contributed by atoms with Crippen molar-refractivity contribution in [2.45, 2.75) is 19.9 Å². The van der Waals surface area contributed by atoms with Gasteiger partial charge in [0.15, 0.2) is 0 Å². The van der Waals surface area contributed by atoms with Crippen LogP contribution in [0.5, 0.6) is 5.88 Å². The van der Waals surface area contributed by atoms with Crippen molar-refractivity contribution in [3.05, 3.63) is 18.3 Å². The monoisotopic (exact) mass is 303 g/mol. The summed E-state index contributed by atoms with van der Waals surface area (Å²) < 4.78 is 40.1. The smallest absolute Gasteiger partial charge is 0.301 e. The van der Waals surface area contributed by atoms with Gasteiger partial charge in [-0.15, -0.1) is 0 Å². The highest BCUT2D eigenvalue weighted by atomic mass is 32.2. The van der Waals surface area contributed by atoms with Crippen LogP contribution < -0.4 is 14.8 Å². The lowest BCUT2D eigenvalue weighted by molar-refractivity contribution is 0.299. The fourth-order valence-electron chi connectivity index (χ4n) is 1.26. The minimum Gasteiger partial charge on any atom is -0.475 e. The molecule has 0 saturated heterocycles. The molecule has 2 N–H and O–H groups in total. The first-order valence-electron chi connectivity index (χ1n) is 6.75. The predicted octanol–water partition coefficient (Wildman–Crippen LogP) is 0.677. The maximum absolute atomic E-state index is 11.8. The Hall–Kier alpha value is -1.38. The molecule has 0 fully saturated rings. The summed E-state index contributed by atoms with van der Waals surface area (Å²) in [6.07, 6.45) is 1.30. The molecule has 0 aromatic carbocycles. The van der Waals surface area contributed by atoms with Crippen molar-refractivity contribution in [3.63, 3.8) is 0 Å². The highest BCUT2D eigenvalue weighted by Gasteiger charge is 2.16. The molecule has 1 heterocycles. The molecule has 0 bridgehead atoms. The summed E-state index contributed by atoms with van der Waals surface area (Å²) in [4.78, 5) is 3.96. The summed E-state index contributed by atoms with van der Waals surface area (Å²) in [5.41, 5.74) is 0.153. The second kappa shape index (κ2) is 7.41. The highest BCUT2D eigenvalue weighted by Crippen LogP contribution is 2.21. The van der Waals surface area contributed by atoms with E-state index in [1.54, 1.807) is 0 Å². The van der Waals surface area contributed by atoms with E-state index < -0.39 is 10.2 Å². The van der Waals surface area contributed by atoms with Crippen molar-refractivity contribution in [1.29, 1.82) is 0 Å². The van der Waals surface area contributed by atoms with Crippen molar-refractivity contribution in [2.24, 2.45) is 0 Å². The zero-order valence-corrected chi connectivity index (χ0v) is 13.0. The maximum atomic E-state index is 11.8. The third kappa shape index (κ3) is 5.32. The van der Waals surface area contributed by atoms with Crippen LogP contribution in [-0.2, 0) is 10.2 Å². The van der Waals surface area contributed by atoms with Crippen LogP contribution >= 0.6 is 0 Å². The largest absolute Gasteiger partial charge is 0.475 e. The molecule has 1 aromatic rings. The quantitative estimate of drug-likeness (QED) is 0.690. The molecule has 114 valence electrons. The molecule has 0 aliphatic heterocycles. The molecular formula is C12H22N4O3S. The van der Waals surface area contributed by atoms with E-state index in [1.807, 2.05) is 13.8 Å². The van der Waals surface area contributed by atoms with Crippen molar-refractivity contribution in [2.75, 3.05) is 32.0 Å². The Morgan fingerprint density at radius 1 is 1.50 bits per heavy atom. The standard InChI is InChI=1S/C12H22N4O3S/c1-10(2)13-8-9-19-12-11(6-5-7-14-12)15-20(17,18)16(3)4/h5-7,10,13,15H,8-9H2,1-4H3/i5D. The Morgan fingerprint density at radius 2 is 2.20 bits per heavy atom. The third-order valence-corrected chi connectivity index (χ3v) is 3.77. The first kappa shape index (κ1) is 15.0. The number of nitrogens with one attached hydrogen (secondary N) is 2. The lowest BCUT2D eigenvalue weighted by Crippen LogP contribution is -2.30. The summed E-state index contributed by atoms with van der Waals surface area (Å²) in [6.45, 7) is 4.99. The second-order valence-electron chi connectivity index (χ2n) is 4.63. The van der Waals surface area contributed by atoms with Gasteiger partial charge < -0.3 is 10.1 Å². The summed E-state index contributed by atoms with van der Waals surface area (Å²) in [5.74, 6) is 0.155. The highest BCUT2D eigenvalue weighted by molar-refractivity contribution is 7.90. The Morgan fingerprint density at radius 3 is 2.80 bits per heavy atom. The lowest BCUT2D eigenvalue weighted by atomic mass is 10.4. The number of aromatic nitrogens is 1. The summed E-state index contributed by atoms with van der Waals surface area (Å²) in [5, 5.41) is 3.18. The summed E-state index contributed by atoms with van der Waals surface area (Å²) in [7, 11) is -0.850. The van der Waals surface area contributed by atoms with Gasteiger partial charge in [0, 0.05) is 32.9 Å². The van der Waals surface area contributed by atoms with E-state index in [1.165, 1.54) is 26.4 Å². The van der Waals surface area contributed by atoms with E-state index in [4.69, 9.17) is 6.11 Å². The topological polar surface area (TPSA) is 83.6 Å². The third-order valence-electron chi connectivity index (χ3n) is 2.33. The molecule has 0 aliphatic carbocycles. The van der Waals surface area contributed by atoms with Gasteiger partial charge in [-0.3, -0.25) is 4.72 Å². The molecule has 7 nitrogen and oxygen atoms in total. The van der Waals surface area contributed by atoms with Gasteiger partial charge >= 0.3 is 10.2 Å². The Balaban J connectivity index is 2.80. The molecule has 1 rings (SSSR count). The van der Waals surface area contributed by atoms with E-state index >= 15 is 0 Å².